The van der Waals surface area contributed by atoms with Crippen molar-refractivity contribution in [1.29, 1.82) is 0 Å². The number of hydrogen-bond acceptors (Lipinski definition) is 1. The van der Waals surface area contributed by atoms with Crippen molar-refractivity contribution in [3.63, 3.8) is 0 Å². The van der Waals surface area contributed by atoms with Crippen LogP contribution in [0.5, 0.6) is 0 Å². The van der Waals surface area contributed by atoms with E-state index in [0.29, 0.717) is 0 Å². The average Bonchev–Trinajstić information content (AvgIpc) is 2.61. The van der Waals surface area contributed by atoms with Gasteiger partial charge in [0, 0.05) is 4.90 Å². The van der Waals surface area contributed by atoms with Crippen LogP contribution in [-0.4, -0.2) is 0 Å². The Labute approximate surface area is 148 Å². The Bertz CT molecular complexity index is 849. The van der Waals surface area contributed by atoms with E-state index in [1.165, 1.54) is 27.2 Å². The lowest BCUT2D eigenvalue weighted by molar-refractivity contribution is 1.39. The van der Waals surface area contributed by atoms with Crippen molar-refractivity contribution in [1.82, 2.24) is 0 Å². The molecule has 0 spiro atoms. The predicted molar refractivity (Wildman–Crippen MR) is 109 cm³/mol. The van der Waals surface area contributed by atoms with Crippen molar-refractivity contribution >= 4 is 29.5 Å². The molecule has 0 bridgehead atoms. The summed E-state index contributed by atoms with van der Waals surface area (Å²) in [5.74, 6) is 0. The lowest BCUT2D eigenvalue weighted by Gasteiger charge is -2.12. The zero-order valence-electron chi connectivity index (χ0n) is 13.8. The number of benzene rings is 2. The van der Waals surface area contributed by atoms with Crippen LogP contribution in [0.4, 0.5) is 0 Å². The van der Waals surface area contributed by atoms with Gasteiger partial charge in [0.25, 0.3) is 0 Å². The van der Waals surface area contributed by atoms with Crippen molar-refractivity contribution in [2.24, 2.45) is 0 Å². The van der Waals surface area contributed by atoms with E-state index in [0.717, 1.165) is 5.57 Å². The third-order valence-corrected chi connectivity index (χ3v) is 4.76. The highest BCUT2D eigenvalue weighted by Crippen LogP contribution is 2.33. The summed E-state index contributed by atoms with van der Waals surface area (Å²) in [5.41, 5.74) is 5.84. The van der Waals surface area contributed by atoms with Gasteiger partial charge in [-0.2, -0.15) is 0 Å². The highest BCUT2D eigenvalue weighted by molar-refractivity contribution is 8.02. The lowest BCUT2D eigenvalue weighted by atomic mass is 10.0. The second-order valence-electron chi connectivity index (χ2n) is 5.59. The van der Waals surface area contributed by atoms with Gasteiger partial charge in [-0.05, 0) is 46.2 Å². The first-order chi connectivity index (χ1) is 11.8. The van der Waals surface area contributed by atoms with E-state index in [1.807, 2.05) is 13.0 Å². The number of fused-ring (bicyclic) bond motifs is 1. The molecule has 0 amide bonds. The van der Waals surface area contributed by atoms with Crippen LogP contribution in [0.15, 0.2) is 95.3 Å². The fourth-order valence-electron chi connectivity index (χ4n) is 2.51. The standard InChI is InChI=1S/C23H20S/c1-3-7-21-11-10-18(2)22-15-14-20(16-23(22)24-17-21)13-12-19-8-5-4-6-9-19/h3-17H,2H2,1H3/b7-3+,11-10-,13-12+,21-17-. The Morgan fingerprint density at radius 3 is 2.46 bits per heavy atom. The third kappa shape index (κ3) is 4.06. The Balaban J connectivity index is 1.91. The Kier molecular flexibility index (Phi) is 5.35. The number of hydrogen-bond donors (Lipinski definition) is 0. The molecule has 1 aliphatic heterocycles. The van der Waals surface area contributed by atoms with Crippen LogP contribution in [0.3, 0.4) is 0 Å². The molecule has 0 aromatic heterocycles. The van der Waals surface area contributed by atoms with E-state index in [9.17, 15) is 0 Å². The van der Waals surface area contributed by atoms with Gasteiger partial charge in [-0.25, -0.2) is 0 Å². The van der Waals surface area contributed by atoms with Crippen molar-refractivity contribution < 1.29 is 0 Å². The largest absolute Gasteiger partial charge is 0.0968 e. The summed E-state index contributed by atoms with van der Waals surface area (Å²) in [6, 6.07) is 16.9. The van der Waals surface area contributed by atoms with E-state index in [1.54, 1.807) is 11.8 Å². The van der Waals surface area contributed by atoms with E-state index in [2.05, 4.69) is 90.9 Å². The van der Waals surface area contributed by atoms with E-state index < -0.39 is 0 Å². The molecule has 2 aromatic rings. The second-order valence-corrected chi connectivity index (χ2v) is 6.51. The fraction of sp³-hybridized carbons (Fsp3) is 0.0435. The SMILES string of the molecule is C=C1\C=C/C(/C=C/C)=C\Sc2cc(/C=C/c3ccccc3)ccc21. The monoisotopic (exact) mass is 328 g/mol. The Morgan fingerprint density at radius 2 is 1.67 bits per heavy atom. The lowest BCUT2D eigenvalue weighted by Crippen LogP contribution is -1.88. The normalized spacial score (nSPS) is 18.0. The van der Waals surface area contributed by atoms with Gasteiger partial charge < -0.3 is 0 Å². The van der Waals surface area contributed by atoms with Gasteiger partial charge in [0.1, 0.15) is 0 Å². The minimum atomic E-state index is 1.05. The van der Waals surface area contributed by atoms with Crippen molar-refractivity contribution in [3.8, 4) is 0 Å². The van der Waals surface area contributed by atoms with Crippen molar-refractivity contribution in [2.45, 2.75) is 11.8 Å². The summed E-state index contributed by atoms with van der Waals surface area (Å²) < 4.78 is 0. The third-order valence-electron chi connectivity index (χ3n) is 3.78. The van der Waals surface area contributed by atoms with Gasteiger partial charge >= 0.3 is 0 Å². The first-order valence-corrected chi connectivity index (χ1v) is 8.88. The average molecular weight is 328 g/mol. The van der Waals surface area contributed by atoms with Gasteiger partial charge in [0.2, 0.25) is 0 Å². The van der Waals surface area contributed by atoms with Gasteiger partial charge in [0.05, 0.1) is 0 Å². The molecule has 1 aliphatic rings. The van der Waals surface area contributed by atoms with Crippen LogP contribution in [0.2, 0.25) is 0 Å². The van der Waals surface area contributed by atoms with Gasteiger partial charge in [-0.3, -0.25) is 0 Å². The molecule has 0 radical (unpaired) electrons. The molecule has 0 atom stereocenters. The first-order valence-electron chi connectivity index (χ1n) is 8.00. The maximum atomic E-state index is 4.21. The van der Waals surface area contributed by atoms with Crippen LogP contribution < -0.4 is 0 Å². The fourth-order valence-corrected chi connectivity index (χ4v) is 3.46. The summed E-state index contributed by atoms with van der Waals surface area (Å²) >= 11 is 1.75. The topological polar surface area (TPSA) is 0 Å². The first kappa shape index (κ1) is 16.4. The molecule has 0 saturated carbocycles. The van der Waals surface area contributed by atoms with Crippen LogP contribution in [0, 0.1) is 0 Å². The van der Waals surface area contributed by atoms with Gasteiger partial charge in [-0.15, -0.1) is 0 Å². The molecule has 0 nitrogen and oxygen atoms in total. The van der Waals surface area contributed by atoms with Crippen LogP contribution >= 0.6 is 11.8 Å². The molecule has 118 valence electrons. The molecule has 2 aromatic carbocycles. The van der Waals surface area contributed by atoms with Crippen molar-refractivity contribution in [3.05, 3.63) is 107 Å². The molecule has 0 fully saturated rings. The van der Waals surface area contributed by atoms with E-state index >= 15 is 0 Å². The molecule has 1 heterocycles. The zero-order chi connectivity index (χ0) is 16.8. The maximum absolute atomic E-state index is 4.21. The highest BCUT2D eigenvalue weighted by atomic mass is 32.2. The summed E-state index contributed by atoms with van der Waals surface area (Å²) in [5, 5.41) is 2.19. The van der Waals surface area contributed by atoms with Crippen LogP contribution in [-0.2, 0) is 0 Å². The molecule has 0 unspecified atom stereocenters. The summed E-state index contributed by atoms with van der Waals surface area (Å²) in [6.45, 7) is 6.24. The molecule has 3 rings (SSSR count). The molecular formula is C23H20S. The number of rotatable bonds is 3. The van der Waals surface area contributed by atoms with E-state index in [4.69, 9.17) is 0 Å². The summed E-state index contributed by atoms with van der Waals surface area (Å²) in [4.78, 5) is 1.24. The smallest absolute Gasteiger partial charge is 0.0200 e. The van der Waals surface area contributed by atoms with Crippen molar-refractivity contribution in [2.75, 3.05) is 0 Å². The highest BCUT2D eigenvalue weighted by Gasteiger charge is 2.07. The number of allylic oxidation sites excluding steroid dienone is 6. The quantitative estimate of drug-likeness (QED) is 0.547. The zero-order valence-corrected chi connectivity index (χ0v) is 14.6. The molecule has 0 N–H and O–H groups in total. The second kappa shape index (κ2) is 7.85. The molecular weight excluding hydrogens is 308 g/mol. The van der Waals surface area contributed by atoms with Crippen LogP contribution in [0.1, 0.15) is 23.6 Å². The minimum absolute atomic E-state index is 1.05. The molecule has 0 aliphatic carbocycles. The maximum Gasteiger partial charge on any atom is 0.0200 e. The Hall–Kier alpha value is -2.51. The van der Waals surface area contributed by atoms with Crippen LogP contribution in [0.25, 0.3) is 17.7 Å². The molecule has 24 heavy (non-hydrogen) atoms. The Morgan fingerprint density at radius 1 is 0.875 bits per heavy atom. The van der Waals surface area contributed by atoms with Gasteiger partial charge in [0.15, 0.2) is 0 Å². The molecule has 1 heteroatoms. The molecule has 0 saturated heterocycles. The van der Waals surface area contributed by atoms with E-state index in [-0.39, 0.29) is 0 Å². The van der Waals surface area contributed by atoms with Gasteiger partial charge in [-0.1, -0.05) is 97.3 Å². The number of thioether (sulfide) groups is 1. The predicted octanol–water partition coefficient (Wildman–Crippen LogP) is 6.99. The summed E-state index contributed by atoms with van der Waals surface area (Å²) in [6.07, 6.45) is 12.7. The minimum Gasteiger partial charge on any atom is -0.0968 e. The summed E-state index contributed by atoms with van der Waals surface area (Å²) in [7, 11) is 0.